The van der Waals surface area contributed by atoms with Gasteiger partial charge in [-0.25, -0.2) is 0 Å². The Bertz CT molecular complexity index is 1210. The minimum atomic E-state index is -3.66. The van der Waals surface area contributed by atoms with Crippen LogP contribution in [0.4, 0.5) is 0 Å². The number of benzene rings is 2. The maximum atomic E-state index is 12.1. The molecule has 4 N–H and O–H groups in total. The van der Waals surface area contributed by atoms with Crippen LogP contribution < -0.4 is 0 Å². The van der Waals surface area contributed by atoms with Gasteiger partial charge in [0.25, 0.3) is 0 Å². The van der Waals surface area contributed by atoms with Gasteiger partial charge < -0.3 is 31.9 Å². The van der Waals surface area contributed by atoms with Gasteiger partial charge in [-0.1, -0.05) is 107 Å². The molecule has 0 aliphatic heterocycles. The molecule has 0 aliphatic carbocycles. The number of phenolic OH excluding ortho intramolecular Hbond substituents is 2. The van der Waals surface area contributed by atoms with Crippen molar-refractivity contribution < 1.29 is 41.0 Å². The molecule has 0 fully saturated rings. The first-order valence-corrected chi connectivity index (χ1v) is 18.7. The molecular weight excluding hydrogens is 638 g/mol. The second-order valence-electron chi connectivity index (χ2n) is 15.5. The molecule has 0 radical (unpaired) electrons. The molecule has 0 heterocycles. The number of aromatic hydroxyl groups is 2. The van der Waals surface area contributed by atoms with Crippen LogP contribution in [0.3, 0.4) is 0 Å². The topological polar surface area (TPSA) is 134 Å². The minimum Gasteiger partial charge on any atom is -1.00 e. The summed E-state index contributed by atoms with van der Waals surface area (Å²) in [5, 5.41) is 21.2. The van der Waals surface area contributed by atoms with Gasteiger partial charge in [-0.2, -0.15) is 0 Å². The van der Waals surface area contributed by atoms with Crippen LogP contribution in [-0.2, 0) is 52.2 Å². The molecule has 2 unspecified atom stereocenters. The number of hydrogen-bond donors (Lipinski definition) is 4. The molecule has 0 aliphatic rings. The molecule has 8 nitrogen and oxygen atoms in total. The summed E-state index contributed by atoms with van der Waals surface area (Å²) in [4.78, 5) is 19.8. The van der Waals surface area contributed by atoms with Gasteiger partial charge in [0.15, 0.2) is 0 Å². The van der Waals surface area contributed by atoms with Gasteiger partial charge in [-0.05, 0) is 68.9 Å². The van der Waals surface area contributed by atoms with Crippen molar-refractivity contribution in [2.24, 2.45) is 0 Å². The first kappa shape index (κ1) is 44.6. The van der Waals surface area contributed by atoms with Gasteiger partial charge in [0, 0.05) is 0 Å². The Morgan fingerprint density at radius 1 is 0.556 bits per heavy atom. The number of rotatable bonds is 8. The quantitative estimate of drug-likeness (QED) is 0.158. The average Bonchev–Trinajstić information content (AvgIpc) is 2.78. The molecule has 0 amide bonds. The zero-order valence-electron chi connectivity index (χ0n) is 32.2. The van der Waals surface area contributed by atoms with E-state index >= 15 is 0 Å². The van der Waals surface area contributed by atoms with Crippen LogP contribution in [0.25, 0.3) is 0 Å². The van der Waals surface area contributed by atoms with E-state index in [2.05, 4.69) is 0 Å². The molecule has 0 aromatic heterocycles. The first-order chi connectivity index (χ1) is 19.6. The molecule has 0 saturated carbocycles. The Morgan fingerprint density at radius 3 is 0.911 bits per heavy atom. The van der Waals surface area contributed by atoms with Crippen LogP contribution in [-0.4, -0.2) is 71.0 Å². The standard InChI is InChI=1S/2C17H29O4P.Ca.2H/c2*1-8-21-22(19,20)11-12-9-13(16(2,3)4)15(18)14(10-12)17(5,6)7;;;/h2*9-10,18H,8,11H2,1-7H3,(H,19,20);;;/q;;+2;2*-1. The maximum Gasteiger partial charge on any atom is 2.00 e. The molecule has 0 saturated heterocycles. The van der Waals surface area contributed by atoms with Crippen LogP contribution in [0, 0.1) is 0 Å². The van der Waals surface area contributed by atoms with Crippen LogP contribution >= 0.6 is 15.2 Å². The van der Waals surface area contributed by atoms with Gasteiger partial charge in [-0.15, -0.1) is 0 Å². The third kappa shape index (κ3) is 13.9. The molecule has 0 bridgehead atoms. The Kier molecular flexibility index (Phi) is 16.2. The molecule has 0 spiro atoms. The fraction of sp³-hybridized carbons (Fsp3) is 0.647. The summed E-state index contributed by atoms with van der Waals surface area (Å²) in [6, 6.07) is 7.25. The Balaban J connectivity index is -0.000000774. The second kappa shape index (κ2) is 16.3. The predicted octanol–water partition coefficient (Wildman–Crippen LogP) is 9.26. The van der Waals surface area contributed by atoms with Gasteiger partial charge in [-0.3, -0.25) is 9.13 Å². The largest absolute Gasteiger partial charge is 2.00 e. The molecule has 2 aromatic carbocycles. The van der Waals surface area contributed by atoms with E-state index in [0.717, 1.165) is 22.3 Å². The van der Waals surface area contributed by atoms with Gasteiger partial charge in [0.05, 0.1) is 25.5 Å². The fourth-order valence-corrected chi connectivity index (χ4v) is 7.09. The van der Waals surface area contributed by atoms with Crippen molar-refractivity contribution in [3.05, 3.63) is 57.6 Å². The Labute approximate surface area is 305 Å². The van der Waals surface area contributed by atoms with Crippen LogP contribution in [0.1, 0.15) is 133 Å². The van der Waals surface area contributed by atoms with Crippen molar-refractivity contribution in [3.63, 3.8) is 0 Å². The summed E-state index contributed by atoms with van der Waals surface area (Å²) in [6.45, 7) is 27.9. The zero-order chi connectivity index (χ0) is 34.7. The normalized spacial score (nSPS) is 15.3. The molecule has 256 valence electrons. The van der Waals surface area contributed by atoms with E-state index in [0.29, 0.717) is 11.1 Å². The Morgan fingerprint density at radius 2 is 0.756 bits per heavy atom. The van der Waals surface area contributed by atoms with Gasteiger partial charge >= 0.3 is 52.9 Å². The van der Waals surface area contributed by atoms with Crippen molar-refractivity contribution in [1.29, 1.82) is 0 Å². The van der Waals surface area contributed by atoms with E-state index in [1.807, 2.05) is 107 Å². The third-order valence-electron chi connectivity index (χ3n) is 7.00. The fourth-order valence-electron chi connectivity index (χ4n) is 4.81. The van der Waals surface area contributed by atoms with Crippen molar-refractivity contribution in [3.8, 4) is 11.5 Å². The summed E-state index contributed by atoms with van der Waals surface area (Å²) in [6.07, 6.45) is -0.0967. The van der Waals surface area contributed by atoms with E-state index in [-0.39, 0.29) is 99.3 Å². The van der Waals surface area contributed by atoms with Crippen molar-refractivity contribution in [1.82, 2.24) is 0 Å². The molecule has 2 rings (SSSR count). The monoisotopic (exact) mass is 698 g/mol. The molecule has 11 heteroatoms. The summed E-state index contributed by atoms with van der Waals surface area (Å²) in [5.41, 5.74) is 3.53. The maximum absolute atomic E-state index is 12.1. The number of hydrogen-bond acceptors (Lipinski definition) is 6. The minimum absolute atomic E-state index is 0. The van der Waals surface area contributed by atoms with E-state index in [9.17, 15) is 29.1 Å². The predicted molar refractivity (Wildman–Crippen MR) is 189 cm³/mol. The number of phenols is 2. The van der Waals surface area contributed by atoms with Crippen molar-refractivity contribution in [2.75, 3.05) is 13.2 Å². The van der Waals surface area contributed by atoms with Crippen LogP contribution in [0.2, 0.25) is 0 Å². The molecule has 2 atom stereocenters. The first-order valence-electron chi connectivity index (χ1n) is 15.2. The van der Waals surface area contributed by atoms with Gasteiger partial charge in [0.1, 0.15) is 11.5 Å². The smallest absolute Gasteiger partial charge is 1.00 e. The average molecular weight is 699 g/mol. The van der Waals surface area contributed by atoms with Crippen LogP contribution in [0.5, 0.6) is 11.5 Å². The molecule has 2 aromatic rings. The molecular formula is C34H60CaO8P2. The van der Waals surface area contributed by atoms with E-state index in [1.165, 1.54) is 0 Å². The van der Waals surface area contributed by atoms with Gasteiger partial charge in [0.2, 0.25) is 0 Å². The van der Waals surface area contributed by atoms with Crippen molar-refractivity contribution in [2.45, 2.75) is 131 Å². The zero-order valence-corrected chi connectivity index (χ0v) is 34.2. The van der Waals surface area contributed by atoms with Crippen molar-refractivity contribution >= 4 is 52.9 Å². The van der Waals surface area contributed by atoms with Crippen LogP contribution in [0.15, 0.2) is 24.3 Å². The second-order valence-corrected chi connectivity index (χ2v) is 19.2. The SMILES string of the molecule is CCOP(=O)(O)Cc1cc(C(C)(C)C)c(O)c(C(C)(C)C)c1.CCOP(=O)(O)Cc1cc(C(C)(C)C)c(O)c(C(C)(C)C)c1.[Ca+2].[H-].[H-]. The summed E-state index contributed by atoms with van der Waals surface area (Å²) in [7, 11) is -7.31. The Hall–Kier alpha value is -0.400. The van der Waals surface area contributed by atoms with E-state index in [4.69, 9.17) is 9.05 Å². The summed E-state index contributed by atoms with van der Waals surface area (Å²) < 4.78 is 34.0. The summed E-state index contributed by atoms with van der Waals surface area (Å²) >= 11 is 0. The van der Waals surface area contributed by atoms with E-state index in [1.54, 1.807) is 13.8 Å². The third-order valence-corrected chi connectivity index (χ3v) is 9.85. The molecule has 45 heavy (non-hydrogen) atoms. The van der Waals surface area contributed by atoms with E-state index < -0.39 is 15.2 Å². The summed E-state index contributed by atoms with van der Waals surface area (Å²) in [5.74, 6) is 0.542.